The van der Waals surface area contributed by atoms with Crippen molar-refractivity contribution >= 4 is 11.6 Å². The number of hydrogen-bond donors (Lipinski definition) is 0. The highest BCUT2D eigenvalue weighted by Gasteiger charge is 2.27. The summed E-state index contributed by atoms with van der Waals surface area (Å²) in [6.07, 6.45) is 0. The van der Waals surface area contributed by atoms with Gasteiger partial charge in [0.1, 0.15) is 11.5 Å². The summed E-state index contributed by atoms with van der Waals surface area (Å²) in [6.45, 7) is 13.1. The number of hydrogen-bond acceptors (Lipinski definition) is 5. The van der Waals surface area contributed by atoms with Crippen LogP contribution >= 0.6 is 0 Å². The van der Waals surface area contributed by atoms with E-state index in [1.165, 1.54) is 11.1 Å². The first-order valence-electron chi connectivity index (χ1n) is 12.3. The Morgan fingerprint density at radius 3 is 2.31 bits per heavy atom. The molecule has 1 aliphatic rings. The van der Waals surface area contributed by atoms with E-state index in [1.54, 1.807) is 7.11 Å². The summed E-state index contributed by atoms with van der Waals surface area (Å²) in [4.78, 5) is 19.7. The number of furan rings is 1. The van der Waals surface area contributed by atoms with Crippen molar-refractivity contribution in [3.8, 4) is 5.75 Å². The Morgan fingerprint density at radius 2 is 1.63 bits per heavy atom. The molecule has 35 heavy (non-hydrogen) atoms. The van der Waals surface area contributed by atoms with Gasteiger partial charge in [-0.3, -0.25) is 9.69 Å². The fourth-order valence-corrected chi connectivity index (χ4v) is 4.49. The van der Waals surface area contributed by atoms with Crippen LogP contribution in [0.1, 0.15) is 48.2 Å². The molecular weight excluding hydrogens is 438 g/mol. The number of nitrogens with zero attached hydrogens (tertiary/aromatic N) is 3. The van der Waals surface area contributed by atoms with E-state index in [2.05, 4.69) is 67.8 Å². The second-order valence-corrected chi connectivity index (χ2v) is 10.2. The van der Waals surface area contributed by atoms with Crippen LogP contribution in [-0.2, 0) is 13.1 Å². The molecule has 4 rings (SSSR count). The van der Waals surface area contributed by atoms with Gasteiger partial charge < -0.3 is 19.0 Å². The molecule has 0 radical (unpaired) electrons. The molecule has 1 amide bonds. The maximum absolute atomic E-state index is 13.2. The van der Waals surface area contributed by atoms with Gasteiger partial charge in [0.2, 0.25) is 0 Å². The molecule has 0 bridgehead atoms. The van der Waals surface area contributed by atoms with Crippen LogP contribution in [0.5, 0.6) is 5.75 Å². The molecule has 0 aliphatic carbocycles. The van der Waals surface area contributed by atoms with E-state index < -0.39 is 0 Å². The zero-order chi connectivity index (χ0) is 25.0. The number of benzene rings is 2. The van der Waals surface area contributed by atoms with Crippen LogP contribution in [-0.4, -0.2) is 54.5 Å². The maximum Gasteiger partial charge on any atom is 0.289 e. The third kappa shape index (κ3) is 5.88. The lowest BCUT2D eigenvalue weighted by Crippen LogP contribution is -2.48. The summed E-state index contributed by atoms with van der Waals surface area (Å²) in [5.74, 6) is 2.04. The Kier molecular flexibility index (Phi) is 7.51. The van der Waals surface area contributed by atoms with E-state index in [0.29, 0.717) is 25.4 Å². The fourth-order valence-electron chi connectivity index (χ4n) is 4.49. The first-order valence-corrected chi connectivity index (χ1v) is 12.3. The summed E-state index contributed by atoms with van der Waals surface area (Å²) in [5.41, 5.74) is 3.61. The SMILES string of the molecule is COc1ccccc1N1CCN(C(=O)c2ccc(CN(Cc3ccccc3C)C(C)(C)C)o2)CC1. The molecule has 0 unspecified atom stereocenters. The number of carbonyl (C=O) groups is 1. The number of para-hydroxylation sites is 2. The van der Waals surface area contributed by atoms with Crippen LogP contribution in [0.25, 0.3) is 0 Å². The van der Waals surface area contributed by atoms with Crippen molar-refractivity contribution in [2.24, 2.45) is 0 Å². The molecule has 0 saturated carbocycles. The standard InChI is InChI=1S/C29H37N3O3/c1-22-10-6-7-11-23(22)20-32(29(2,3)4)21-24-14-15-27(35-24)28(33)31-18-16-30(17-19-31)25-12-8-9-13-26(25)34-5/h6-15H,16-21H2,1-5H3. The number of carbonyl (C=O) groups excluding carboxylic acids is 1. The number of aryl methyl sites for hydroxylation is 1. The number of piperazine rings is 1. The van der Waals surface area contributed by atoms with E-state index >= 15 is 0 Å². The second kappa shape index (κ2) is 10.6. The molecule has 6 heteroatoms. The van der Waals surface area contributed by atoms with Gasteiger partial charge in [-0.2, -0.15) is 0 Å². The maximum atomic E-state index is 13.2. The van der Waals surface area contributed by atoms with Crippen molar-refractivity contribution in [3.05, 3.63) is 83.3 Å². The summed E-state index contributed by atoms with van der Waals surface area (Å²) >= 11 is 0. The molecular formula is C29H37N3O3. The lowest BCUT2D eigenvalue weighted by molar-refractivity contribution is 0.0703. The molecule has 1 aromatic heterocycles. The van der Waals surface area contributed by atoms with Gasteiger partial charge >= 0.3 is 0 Å². The van der Waals surface area contributed by atoms with E-state index in [4.69, 9.17) is 9.15 Å². The molecule has 1 saturated heterocycles. The zero-order valence-corrected chi connectivity index (χ0v) is 21.6. The van der Waals surface area contributed by atoms with Gasteiger partial charge in [-0.1, -0.05) is 36.4 Å². The normalized spacial score (nSPS) is 14.5. The number of ether oxygens (including phenoxy) is 1. The zero-order valence-electron chi connectivity index (χ0n) is 21.6. The third-order valence-corrected chi connectivity index (χ3v) is 6.78. The number of anilines is 1. The summed E-state index contributed by atoms with van der Waals surface area (Å²) < 4.78 is 11.6. The monoisotopic (exact) mass is 475 g/mol. The van der Waals surface area contributed by atoms with E-state index in [9.17, 15) is 4.79 Å². The van der Waals surface area contributed by atoms with Crippen LogP contribution in [0, 0.1) is 6.92 Å². The van der Waals surface area contributed by atoms with Crippen LogP contribution < -0.4 is 9.64 Å². The minimum Gasteiger partial charge on any atom is -0.495 e. The molecule has 2 heterocycles. The average molecular weight is 476 g/mol. The van der Waals surface area contributed by atoms with Crippen LogP contribution in [0.4, 0.5) is 5.69 Å². The lowest BCUT2D eigenvalue weighted by Gasteiger charge is -2.36. The number of methoxy groups -OCH3 is 1. The highest BCUT2D eigenvalue weighted by atomic mass is 16.5. The molecule has 2 aromatic carbocycles. The third-order valence-electron chi connectivity index (χ3n) is 6.78. The quantitative estimate of drug-likeness (QED) is 0.460. The van der Waals surface area contributed by atoms with Crippen molar-refractivity contribution in [2.45, 2.75) is 46.3 Å². The van der Waals surface area contributed by atoms with Crippen molar-refractivity contribution in [2.75, 3.05) is 38.2 Å². The van der Waals surface area contributed by atoms with Crippen molar-refractivity contribution < 1.29 is 13.9 Å². The lowest BCUT2D eigenvalue weighted by atomic mass is 10.0. The Labute approximate surface area is 209 Å². The largest absolute Gasteiger partial charge is 0.495 e. The molecule has 0 atom stereocenters. The summed E-state index contributed by atoms with van der Waals surface area (Å²) in [6, 6.07) is 20.3. The molecule has 1 fully saturated rings. The molecule has 0 spiro atoms. The van der Waals surface area contributed by atoms with E-state index in [0.717, 1.165) is 36.8 Å². The van der Waals surface area contributed by atoms with Gasteiger partial charge in [0.05, 0.1) is 19.3 Å². The fraction of sp³-hybridized carbons (Fsp3) is 0.414. The van der Waals surface area contributed by atoms with Crippen LogP contribution in [0.15, 0.2) is 65.1 Å². The molecule has 186 valence electrons. The first kappa shape index (κ1) is 24.9. The van der Waals surface area contributed by atoms with Crippen LogP contribution in [0.2, 0.25) is 0 Å². The predicted octanol–water partition coefficient (Wildman–Crippen LogP) is 5.36. The van der Waals surface area contributed by atoms with E-state index in [-0.39, 0.29) is 11.4 Å². The molecule has 0 N–H and O–H groups in total. The van der Waals surface area contributed by atoms with Crippen molar-refractivity contribution in [1.82, 2.24) is 9.80 Å². The van der Waals surface area contributed by atoms with E-state index in [1.807, 2.05) is 35.2 Å². The predicted molar refractivity (Wildman–Crippen MR) is 140 cm³/mol. The topological polar surface area (TPSA) is 49.2 Å². The number of rotatable bonds is 7. The van der Waals surface area contributed by atoms with Gasteiger partial charge in [-0.05, 0) is 63.1 Å². The first-order chi connectivity index (χ1) is 16.8. The van der Waals surface area contributed by atoms with Crippen LogP contribution in [0.3, 0.4) is 0 Å². The molecule has 3 aromatic rings. The summed E-state index contributed by atoms with van der Waals surface area (Å²) in [7, 11) is 1.69. The Morgan fingerprint density at radius 1 is 0.943 bits per heavy atom. The smallest absolute Gasteiger partial charge is 0.289 e. The average Bonchev–Trinajstić information content (AvgIpc) is 3.32. The van der Waals surface area contributed by atoms with Crippen molar-refractivity contribution in [1.29, 1.82) is 0 Å². The van der Waals surface area contributed by atoms with Gasteiger partial charge in [0.25, 0.3) is 5.91 Å². The van der Waals surface area contributed by atoms with Crippen molar-refractivity contribution in [3.63, 3.8) is 0 Å². The Balaban J connectivity index is 1.39. The second-order valence-electron chi connectivity index (χ2n) is 10.2. The highest BCUT2D eigenvalue weighted by Crippen LogP contribution is 2.29. The minimum atomic E-state index is -0.0476. The molecule has 1 aliphatic heterocycles. The van der Waals surface area contributed by atoms with Gasteiger partial charge in [-0.25, -0.2) is 0 Å². The highest BCUT2D eigenvalue weighted by molar-refractivity contribution is 5.91. The van der Waals surface area contributed by atoms with Gasteiger partial charge in [0.15, 0.2) is 5.76 Å². The molecule has 6 nitrogen and oxygen atoms in total. The van der Waals surface area contributed by atoms with Gasteiger partial charge in [-0.15, -0.1) is 0 Å². The minimum absolute atomic E-state index is 0.0443. The summed E-state index contributed by atoms with van der Waals surface area (Å²) in [5, 5.41) is 0. The Bertz CT molecular complexity index is 1140. The van der Waals surface area contributed by atoms with Gasteiger partial charge in [0, 0.05) is 38.3 Å². The number of amides is 1. The Hall–Kier alpha value is -3.25.